The Balaban J connectivity index is 2.15. The van der Waals surface area contributed by atoms with Gasteiger partial charge in [0.2, 0.25) is 0 Å². The Labute approximate surface area is 158 Å². The number of hydrogen-bond acceptors (Lipinski definition) is 1. The van der Waals surface area contributed by atoms with Crippen LogP contribution in [0.25, 0.3) is 0 Å². The summed E-state index contributed by atoms with van der Waals surface area (Å²) < 4.78 is 2.17. The van der Waals surface area contributed by atoms with E-state index in [1.54, 1.807) is 0 Å². The monoisotopic (exact) mass is 358 g/mol. The van der Waals surface area contributed by atoms with Crippen molar-refractivity contribution in [2.75, 3.05) is 0 Å². The molecule has 4 rings (SSSR count). The van der Waals surface area contributed by atoms with Crippen LogP contribution in [0.3, 0.4) is 0 Å². The minimum atomic E-state index is -0.520. The minimum Gasteiger partial charge on any atom is -0.319 e. The van der Waals surface area contributed by atoms with Crippen LogP contribution in [-0.4, -0.2) is 9.55 Å². The van der Waals surface area contributed by atoms with Gasteiger partial charge in [-0.25, -0.2) is 4.98 Å². The first-order valence-electron chi connectivity index (χ1n) is 8.59. The normalized spacial score (nSPS) is 11.5. The Morgan fingerprint density at radius 3 is 1.96 bits per heavy atom. The molecule has 1 heterocycles. The molecule has 0 atom stereocenters. The first-order chi connectivity index (χ1) is 12.7. The van der Waals surface area contributed by atoms with Crippen molar-refractivity contribution in [3.05, 3.63) is 125 Å². The standard InChI is InChI=1S/C23H19ClN2/c1-18-16-21(24)12-13-22(18)23(26-15-14-25-17-26,19-8-4-2-5-9-19)20-10-6-3-7-11-20/h2-17H,1H3. The molecule has 0 fully saturated rings. The minimum absolute atomic E-state index is 0.520. The van der Waals surface area contributed by atoms with E-state index in [1.165, 1.54) is 16.7 Å². The quantitative estimate of drug-likeness (QED) is 0.429. The molecular weight excluding hydrogens is 340 g/mol. The van der Waals surface area contributed by atoms with Crippen molar-refractivity contribution < 1.29 is 0 Å². The summed E-state index contributed by atoms with van der Waals surface area (Å²) in [6, 6.07) is 27.2. The van der Waals surface area contributed by atoms with Crippen LogP contribution < -0.4 is 0 Å². The van der Waals surface area contributed by atoms with Gasteiger partial charge < -0.3 is 4.57 Å². The molecule has 0 spiro atoms. The number of nitrogens with zero attached hydrogens (tertiary/aromatic N) is 2. The fourth-order valence-electron chi connectivity index (χ4n) is 3.76. The van der Waals surface area contributed by atoms with Crippen molar-refractivity contribution in [2.45, 2.75) is 12.5 Å². The lowest BCUT2D eigenvalue weighted by molar-refractivity contribution is 0.512. The summed E-state index contributed by atoms with van der Waals surface area (Å²) in [5.74, 6) is 0. The third-order valence-corrected chi connectivity index (χ3v) is 5.09. The van der Waals surface area contributed by atoms with E-state index in [4.69, 9.17) is 11.6 Å². The van der Waals surface area contributed by atoms with Crippen molar-refractivity contribution in [1.82, 2.24) is 9.55 Å². The maximum absolute atomic E-state index is 6.26. The highest BCUT2D eigenvalue weighted by molar-refractivity contribution is 6.30. The highest BCUT2D eigenvalue weighted by Crippen LogP contribution is 2.42. The van der Waals surface area contributed by atoms with Gasteiger partial charge in [-0.2, -0.15) is 0 Å². The molecule has 0 amide bonds. The Bertz CT molecular complexity index is 954. The fourth-order valence-corrected chi connectivity index (χ4v) is 3.99. The van der Waals surface area contributed by atoms with Crippen LogP contribution in [0, 0.1) is 6.92 Å². The summed E-state index contributed by atoms with van der Waals surface area (Å²) in [6.07, 6.45) is 5.73. The topological polar surface area (TPSA) is 17.8 Å². The first-order valence-corrected chi connectivity index (χ1v) is 8.97. The molecule has 0 radical (unpaired) electrons. The molecule has 0 aliphatic heterocycles. The van der Waals surface area contributed by atoms with Gasteiger partial charge in [0.25, 0.3) is 0 Å². The molecule has 0 saturated heterocycles. The highest BCUT2D eigenvalue weighted by Gasteiger charge is 2.39. The Kier molecular flexibility index (Phi) is 4.36. The number of benzene rings is 3. The number of hydrogen-bond donors (Lipinski definition) is 0. The number of halogens is 1. The van der Waals surface area contributed by atoms with Crippen LogP contribution in [0.1, 0.15) is 22.3 Å². The van der Waals surface area contributed by atoms with Gasteiger partial charge in [-0.05, 0) is 41.3 Å². The van der Waals surface area contributed by atoms with E-state index >= 15 is 0 Å². The Morgan fingerprint density at radius 2 is 1.46 bits per heavy atom. The molecule has 0 saturated carbocycles. The molecule has 4 aromatic rings. The second-order valence-corrected chi connectivity index (χ2v) is 6.81. The van der Waals surface area contributed by atoms with Crippen molar-refractivity contribution in [1.29, 1.82) is 0 Å². The molecule has 128 valence electrons. The van der Waals surface area contributed by atoms with E-state index in [0.717, 1.165) is 10.6 Å². The van der Waals surface area contributed by atoms with Gasteiger partial charge >= 0.3 is 0 Å². The largest absolute Gasteiger partial charge is 0.319 e. The van der Waals surface area contributed by atoms with Gasteiger partial charge in [-0.15, -0.1) is 0 Å². The maximum atomic E-state index is 6.26. The third kappa shape index (κ3) is 2.63. The summed E-state index contributed by atoms with van der Waals surface area (Å²) >= 11 is 6.26. The highest BCUT2D eigenvalue weighted by atomic mass is 35.5. The third-order valence-electron chi connectivity index (χ3n) is 4.85. The van der Waals surface area contributed by atoms with Crippen LogP contribution in [0.15, 0.2) is 97.6 Å². The summed E-state index contributed by atoms with van der Waals surface area (Å²) in [4.78, 5) is 4.35. The average Bonchev–Trinajstić information content (AvgIpc) is 3.21. The van der Waals surface area contributed by atoms with E-state index in [-0.39, 0.29) is 0 Å². The predicted molar refractivity (Wildman–Crippen MR) is 107 cm³/mol. The lowest BCUT2D eigenvalue weighted by Gasteiger charge is -2.38. The van der Waals surface area contributed by atoms with E-state index < -0.39 is 5.54 Å². The zero-order valence-electron chi connectivity index (χ0n) is 14.5. The molecule has 0 N–H and O–H groups in total. The lowest BCUT2D eigenvalue weighted by atomic mass is 9.75. The number of aromatic nitrogens is 2. The van der Waals surface area contributed by atoms with E-state index in [1.807, 2.05) is 43.0 Å². The fraction of sp³-hybridized carbons (Fsp3) is 0.0870. The van der Waals surface area contributed by atoms with Gasteiger partial charge in [0.1, 0.15) is 5.54 Å². The van der Waals surface area contributed by atoms with Crippen LogP contribution in [-0.2, 0) is 5.54 Å². The molecule has 26 heavy (non-hydrogen) atoms. The SMILES string of the molecule is Cc1cc(Cl)ccc1C(c1ccccc1)(c1ccccc1)n1ccnc1. The maximum Gasteiger partial charge on any atom is 0.121 e. The predicted octanol–water partition coefficient (Wildman–Crippen LogP) is 5.69. The van der Waals surface area contributed by atoms with E-state index in [2.05, 4.69) is 71.1 Å². The first kappa shape index (κ1) is 16.6. The second kappa shape index (κ2) is 6.81. The zero-order valence-corrected chi connectivity index (χ0v) is 15.3. The van der Waals surface area contributed by atoms with Crippen molar-refractivity contribution in [3.8, 4) is 0 Å². The Hall–Kier alpha value is -2.84. The molecular formula is C23H19ClN2. The molecule has 2 nitrogen and oxygen atoms in total. The van der Waals surface area contributed by atoms with Gasteiger partial charge in [0.15, 0.2) is 0 Å². The smallest absolute Gasteiger partial charge is 0.121 e. The molecule has 1 aromatic heterocycles. The summed E-state index contributed by atoms with van der Waals surface area (Å²) in [7, 11) is 0. The van der Waals surface area contributed by atoms with Gasteiger partial charge in [0, 0.05) is 17.4 Å². The number of aryl methyl sites for hydroxylation is 1. The molecule has 0 unspecified atom stereocenters. The molecule has 3 heteroatoms. The molecule has 0 aliphatic rings. The van der Waals surface area contributed by atoms with Crippen LogP contribution in [0.4, 0.5) is 0 Å². The van der Waals surface area contributed by atoms with Crippen LogP contribution in [0.5, 0.6) is 0 Å². The molecule has 0 bridgehead atoms. The zero-order chi connectivity index (χ0) is 18.0. The van der Waals surface area contributed by atoms with Gasteiger partial charge in [-0.1, -0.05) is 78.3 Å². The molecule has 3 aromatic carbocycles. The van der Waals surface area contributed by atoms with Crippen LogP contribution >= 0.6 is 11.6 Å². The van der Waals surface area contributed by atoms with Gasteiger partial charge in [-0.3, -0.25) is 0 Å². The summed E-state index contributed by atoms with van der Waals surface area (Å²) in [6.45, 7) is 2.11. The molecule has 0 aliphatic carbocycles. The number of imidazole rings is 1. The summed E-state index contributed by atoms with van der Waals surface area (Å²) in [5, 5.41) is 0.743. The van der Waals surface area contributed by atoms with Crippen molar-refractivity contribution >= 4 is 11.6 Å². The average molecular weight is 359 g/mol. The van der Waals surface area contributed by atoms with Gasteiger partial charge in [0.05, 0.1) is 6.33 Å². The lowest BCUT2D eigenvalue weighted by Crippen LogP contribution is -2.37. The van der Waals surface area contributed by atoms with Crippen molar-refractivity contribution in [3.63, 3.8) is 0 Å². The van der Waals surface area contributed by atoms with E-state index in [9.17, 15) is 0 Å². The second-order valence-electron chi connectivity index (χ2n) is 6.37. The summed E-state index contributed by atoms with van der Waals surface area (Å²) in [5.41, 5.74) is 4.15. The van der Waals surface area contributed by atoms with E-state index in [0.29, 0.717) is 0 Å². The van der Waals surface area contributed by atoms with Crippen LogP contribution in [0.2, 0.25) is 5.02 Å². The number of rotatable bonds is 4. The Morgan fingerprint density at radius 1 is 0.846 bits per heavy atom. The van der Waals surface area contributed by atoms with Crippen molar-refractivity contribution in [2.24, 2.45) is 0 Å².